The summed E-state index contributed by atoms with van der Waals surface area (Å²) in [6, 6.07) is 14.6. The molecule has 4 rings (SSSR count). The van der Waals surface area contributed by atoms with Gasteiger partial charge in [0.25, 0.3) is 0 Å². The highest BCUT2D eigenvalue weighted by Crippen LogP contribution is 2.32. The summed E-state index contributed by atoms with van der Waals surface area (Å²) in [5.74, 6) is -0.359. The molecule has 2 aromatic carbocycles. The zero-order valence-electron chi connectivity index (χ0n) is 17.4. The normalized spacial score (nSPS) is 12.7. The first kappa shape index (κ1) is 21.5. The van der Waals surface area contributed by atoms with Gasteiger partial charge in [-0.25, -0.2) is 4.98 Å². The van der Waals surface area contributed by atoms with E-state index >= 15 is 0 Å². The molecule has 0 bridgehead atoms. The van der Waals surface area contributed by atoms with Gasteiger partial charge < -0.3 is 19.7 Å². The molecule has 1 aliphatic rings. The van der Waals surface area contributed by atoms with Crippen LogP contribution < -0.4 is 15.0 Å². The van der Waals surface area contributed by atoms with E-state index in [1.807, 2.05) is 29.6 Å². The molecule has 0 aliphatic carbocycles. The maximum absolute atomic E-state index is 12.6. The highest BCUT2D eigenvalue weighted by Gasteiger charge is 2.26. The van der Waals surface area contributed by atoms with Crippen molar-refractivity contribution in [2.45, 2.75) is 19.4 Å². The Balaban J connectivity index is 1.30. The van der Waals surface area contributed by atoms with Crippen LogP contribution in [0, 0.1) is 0 Å². The van der Waals surface area contributed by atoms with E-state index in [0.717, 1.165) is 16.3 Å². The number of anilines is 2. The van der Waals surface area contributed by atoms with Crippen molar-refractivity contribution in [2.24, 2.45) is 0 Å². The molecule has 0 saturated heterocycles. The lowest BCUT2D eigenvalue weighted by Crippen LogP contribution is -2.42. The quantitative estimate of drug-likeness (QED) is 0.551. The van der Waals surface area contributed by atoms with Crippen LogP contribution in [0.3, 0.4) is 0 Å². The third-order valence-corrected chi connectivity index (χ3v) is 5.81. The third kappa shape index (κ3) is 4.78. The van der Waals surface area contributed by atoms with Gasteiger partial charge in [0.2, 0.25) is 11.8 Å². The van der Waals surface area contributed by atoms with Crippen LogP contribution >= 0.6 is 11.3 Å². The first-order chi connectivity index (χ1) is 15.5. The molecule has 0 unspecified atom stereocenters. The number of hydrogen-bond acceptors (Lipinski definition) is 7. The zero-order chi connectivity index (χ0) is 22.5. The number of nitrogens with one attached hydrogen (secondary N) is 1. The van der Waals surface area contributed by atoms with Crippen LogP contribution in [-0.4, -0.2) is 36.4 Å². The smallest absolute Gasteiger partial charge is 0.306 e. The van der Waals surface area contributed by atoms with E-state index < -0.39 is 5.97 Å². The lowest BCUT2D eigenvalue weighted by molar-refractivity contribution is -0.146. The van der Waals surface area contributed by atoms with Crippen LogP contribution in [0.4, 0.5) is 11.4 Å². The number of methoxy groups -OCH3 is 1. The minimum absolute atomic E-state index is 0.0215. The van der Waals surface area contributed by atoms with E-state index in [1.54, 1.807) is 31.4 Å². The number of nitrogens with zero attached hydrogens (tertiary/aromatic N) is 2. The average Bonchev–Trinajstić information content (AvgIpc) is 3.29. The average molecular weight is 452 g/mol. The second-order valence-corrected chi connectivity index (χ2v) is 7.91. The molecule has 1 aromatic heterocycles. The molecule has 0 spiro atoms. The summed E-state index contributed by atoms with van der Waals surface area (Å²) in [4.78, 5) is 42.6. The van der Waals surface area contributed by atoms with Gasteiger partial charge in [-0.2, -0.15) is 0 Å². The molecule has 0 radical (unpaired) electrons. The topological polar surface area (TPSA) is 97.8 Å². The second kappa shape index (κ2) is 9.61. The van der Waals surface area contributed by atoms with Crippen molar-refractivity contribution in [3.05, 3.63) is 59.6 Å². The lowest BCUT2D eigenvalue weighted by Gasteiger charge is -2.29. The Labute approximate surface area is 188 Å². The highest BCUT2D eigenvalue weighted by atomic mass is 32.1. The molecule has 0 saturated carbocycles. The second-order valence-electron chi connectivity index (χ2n) is 7.05. The number of benzene rings is 2. The van der Waals surface area contributed by atoms with Crippen LogP contribution in [0.5, 0.6) is 5.75 Å². The van der Waals surface area contributed by atoms with E-state index in [9.17, 15) is 14.4 Å². The summed E-state index contributed by atoms with van der Waals surface area (Å²) >= 11 is 1.43. The van der Waals surface area contributed by atoms with E-state index in [1.165, 1.54) is 16.2 Å². The SMILES string of the molecule is COc1ccccc1-c1nc(COC(=O)CCC(=O)N2CC(=O)Nc3ccccc32)cs1. The molecule has 164 valence electrons. The van der Waals surface area contributed by atoms with Gasteiger partial charge in [-0.3, -0.25) is 14.4 Å². The molecule has 32 heavy (non-hydrogen) atoms. The Hall–Kier alpha value is -3.72. The van der Waals surface area contributed by atoms with E-state index in [-0.39, 0.29) is 37.8 Å². The van der Waals surface area contributed by atoms with E-state index in [2.05, 4.69) is 10.3 Å². The Kier molecular flexibility index (Phi) is 6.46. The number of thiazole rings is 1. The zero-order valence-corrected chi connectivity index (χ0v) is 18.2. The van der Waals surface area contributed by atoms with Gasteiger partial charge in [0.15, 0.2) is 0 Å². The fourth-order valence-corrected chi connectivity index (χ4v) is 4.18. The van der Waals surface area contributed by atoms with Gasteiger partial charge >= 0.3 is 5.97 Å². The number of fused-ring (bicyclic) bond motifs is 1. The number of carbonyl (C=O) groups is 3. The summed E-state index contributed by atoms with van der Waals surface area (Å²) in [5.41, 5.74) is 2.69. The number of para-hydroxylation sites is 3. The molecule has 2 heterocycles. The Bertz CT molecular complexity index is 1160. The van der Waals surface area contributed by atoms with Crippen LogP contribution in [0.25, 0.3) is 10.6 Å². The molecule has 8 nitrogen and oxygen atoms in total. The molecular weight excluding hydrogens is 430 g/mol. The maximum Gasteiger partial charge on any atom is 0.306 e. The standard InChI is InChI=1S/C23H21N3O5S/c1-30-19-9-5-2-6-16(19)23-24-15(14-32-23)13-31-22(29)11-10-21(28)26-12-20(27)25-17-7-3-4-8-18(17)26/h2-9,14H,10-13H2,1H3,(H,25,27). The summed E-state index contributed by atoms with van der Waals surface area (Å²) in [6.45, 7) is -0.0525. The maximum atomic E-state index is 12.6. The monoisotopic (exact) mass is 451 g/mol. The molecule has 1 N–H and O–H groups in total. The van der Waals surface area contributed by atoms with Crippen molar-refractivity contribution in [1.82, 2.24) is 4.98 Å². The molecule has 0 atom stereocenters. The summed E-state index contributed by atoms with van der Waals surface area (Å²) < 4.78 is 10.6. The van der Waals surface area contributed by atoms with Crippen molar-refractivity contribution in [3.8, 4) is 16.3 Å². The minimum atomic E-state index is -0.500. The summed E-state index contributed by atoms with van der Waals surface area (Å²) in [7, 11) is 1.60. The molecule has 0 fully saturated rings. The van der Waals surface area contributed by atoms with Crippen LogP contribution in [-0.2, 0) is 25.7 Å². The summed E-state index contributed by atoms with van der Waals surface area (Å²) in [5, 5.41) is 5.32. The number of aromatic nitrogens is 1. The Morgan fingerprint density at radius 1 is 1.12 bits per heavy atom. The molecular formula is C23H21N3O5S. The fourth-order valence-electron chi connectivity index (χ4n) is 3.34. The molecule has 3 aromatic rings. The van der Waals surface area contributed by atoms with Crippen molar-refractivity contribution in [2.75, 3.05) is 23.9 Å². The number of carbonyl (C=O) groups excluding carboxylic acids is 3. The molecule has 1 aliphatic heterocycles. The lowest BCUT2D eigenvalue weighted by atomic mass is 10.1. The number of amides is 2. The van der Waals surface area contributed by atoms with E-state index in [4.69, 9.17) is 9.47 Å². The molecule has 2 amide bonds. The Morgan fingerprint density at radius 3 is 2.75 bits per heavy atom. The van der Waals surface area contributed by atoms with Gasteiger partial charge in [-0.05, 0) is 24.3 Å². The van der Waals surface area contributed by atoms with Crippen molar-refractivity contribution in [1.29, 1.82) is 0 Å². The van der Waals surface area contributed by atoms with Crippen molar-refractivity contribution in [3.63, 3.8) is 0 Å². The Morgan fingerprint density at radius 2 is 1.91 bits per heavy atom. The van der Waals surface area contributed by atoms with Gasteiger partial charge in [0.05, 0.1) is 36.2 Å². The van der Waals surface area contributed by atoms with Crippen LogP contribution in [0.1, 0.15) is 18.5 Å². The third-order valence-electron chi connectivity index (χ3n) is 4.88. The number of ether oxygens (including phenoxy) is 2. The van der Waals surface area contributed by atoms with Gasteiger partial charge in [-0.1, -0.05) is 24.3 Å². The fraction of sp³-hybridized carbons (Fsp3) is 0.217. The number of hydrogen-bond donors (Lipinski definition) is 1. The van der Waals surface area contributed by atoms with Crippen LogP contribution in [0.15, 0.2) is 53.9 Å². The number of rotatable bonds is 7. The minimum Gasteiger partial charge on any atom is -0.496 e. The van der Waals surface area contributed by atoms with Gasteiger partial charge in [0.1, 0.15) is 23.9 Å². The predicted molar refractivity (Wildman–Crippen MR) is 121 cm³/mol. The largest absolute Gasteiger partial charge is 0.496 e. The first-order valence-corrected chi connectivity index (χ1v) is 10.9. The van der Waals surface area contributed by atoms with Gasteiger partial charge in [-0.15, -0.1) is 11.3 Å². The van der Waals surface area contributed by atoms with E-state index in [0.29, 0.717) is 17.1 Å². The predicted octanol–water partition coefficient (Wildman–Crippen LogP) is 3.63. The first-order valence-electron chi connectivity index (χ1n) is 9.98. The number of esters is 1. The van der Waals surface area contributed by atoms with Crippen molar-refractivity contribution < 1.29 is 23.9 Å². The van der Waals surface area contributed by atoms with Crippen molar-refractivity contribution >= 4 is 40.5 Å². The van der Waals surface area contributed by atoms with Gasteiger partial charge in [0, 0.05) is 11.8 Å². The summed E-state index contributed by atoms with van der Waals surface area (Å²) in [6.07, 6.45) is -0.132. The highest BCUT2D eigenvalue weighted by molar-refractivity contribution is 7.13. The molecule has 9 heteroatoms. The van der Waals surface area contributed by atoms with Crippen LogP contribution in [0.2, 0.25) is 0 Å².